The molecule has 0 saturated heterocycles. The molecule has 3 aromatic carbocycles. The molecular formula is C30H33N5O5S. The topological polar surface area (TPSA) is 140 Å². The maximum atomic E-state index is 14.4. The zero-order valence-electron chi connectivity index (χ0n) is 23.6. The number of benzene rings is 3. The Morgan fingerprint density at radius 2 is 1.80 bits per heavy atom. The second-order valence-electron chi connectivity index (χ2n) is 10.4. The average molecular weight is 576 g/mol. The molecule has 0 fully saturated rings. The molecule has 0 aliphatic carbocycles. The van der Waals surface area contributed by atoms with Gasteiger partial charge in [-0.15, -0.1) is 0 Å². The highest BCUT2D eigenvalue weighted by atomic mass is 32.2. The Hall–Kier alpha value is -4.27. The van der Waals surface area contributed by atoms with Crippen LogP contribution in [0.25, 0.3) is 10.8 Å². The highest BCUT2D eigenvalue weighted by Crippen LogP contribution is 2.38. The smallest absolute Gasteiger partial charge is 0.252 e. The summed E-state index contributed by atoms with van der Waals surface area (Å²) in [4.78, 5) is 43.7. The van der Waals surface area contributed by atoms with Crippen molar-refractivity contribution in [1.29, 1.82) is 5.26 Å². The van der Waals surface area contributed by atoms with Crippen LogP contribution in [-0.2, 0) is 30.8 Å². The Morgan fingerprint density at radius 3 is 2.46 bits per heavy atom. The van der Waals surface area contributed by atoms with Gasteiger partial charge in [0.25, 0.3) is 5.91 Å². The van der Waals surface area contributed by atoms with Gasteiger partial charge in [0.2, 0.25) is 11.8 Å². The summed E-state index contributed by atoms with van der Waals surface area (Å²) in [5.74, 6) is -2.51. The summed E-state index contributed by atoms with van der Waals surface area (Å²) in [6, 6.07) is 15.6. The molecule has 3 amide bonds. The van der Waals surface area contributed by atoms with Gasteiger partial charge in [-0.25, -0.2) is 8.42 Å². The van der Waals surface area contributed by atoms with E-state index in [-0.39, 0.29) is 17.8 Å². The summed E-state index contributed by atoms with van der Waals surface area (Å²) in [6.07, 6.45) is 0.953. The molecule has 2 N–H and O–H groups in total. The van der Waals surface area contributed by atoms with E-state index < -0.39 is 51.4 Å². The number of carbonyl (C=O) groups excluding carboxylic acids is 3. The normalized spacial score (nSPS) is 17.9. The molecule has 1 aliphatic heterocycles. The van der Waals surface area contributed by atoms with Gasteiger partial charge in [0.05, 0.1) is 41.6 Å². The number of carbonyl (C=O) groups is 3. The summed E-state index contributed by atoms with van der Waals surface area (Å²) in [5, 5.41) is 17.2. The molecule has 0 radical (unpaired) electrons. The van der Waals surface area contributed by atoms with Crippen LogP contribution in [0.1, 0.15) is 30.5 Å². The van der Waals surface area contributed by atoms with Crippen molar-refractivity contribution in [2.45, 2.75) is 45.4 Å². The Kier molecular flexibility index (Phi) is 8.47. The molecule has 4 rings (SSSR count). The zero-order valence-corrected chi connectivity index (χ0v) is 24.5. The third kappa shape index (κ3) is 6.09. The van der Waals surface area contributed by atoms with Gasteiger partial charge in [-0.05, 0) is 67.9 Å². The summed E-state index contributed by atoms with van der Waals surface area (Å²) in [7, 11) is -2.13. The number of aryl methyl sites for hydroxylation is 1. The molecule has 41 heavy (non-hydrogen) atoms. The number of amides is 3. The summed E-state index contributed by atoms with van der Waals surface area (Å²) >= 11 is 0. The van der Waals surface area contributed by atoms with Crippen molar-refractivity contribution in [2.75, 3.05) is 28.9 Å². The van der Waals surface area contributed by atoms with Crippen molar-refractivity contribution in [3.05, 3.63) is 71.3 Å². The van der Waals surface area contributed by atoms with Gasteiger partial charge in [0.1, 0.15) is 11.8 Å². The molecule has 214 valence electrons. The number of anilines is 2. The molecule has 1 unspecified atom stereocenters. The summed E-state index contributed by atoms with van der Waals surface area (Å²) in [5.41, 5.74) is 2.60. The van der Waals surface area contributed by atoms with Crippen LogP contribution in [0.3, 0.4) is 0 Å². The molecule has 0 spiro atoms. The highest BCUT2D eigenvalue weighted by molar-refractivity contribution is 7.91. The molecule has 0 saturated carbocycles. The lowest BCUT2D eigenvalue weighted by molar-refractivity contribution is -0.129. The third-order valence-corrected chi connectivity index (χ3v) is 8.22. The minimum atomic E-state index is -3.74. The second-order valence-corrected chi connectivity index (χ2v) is 12.5. The number of hydrogen-bond acceptors (Lipinski definition) is 7. The number of nitriles is 1. The Morgan fingerprint density at radius 1 is 1.10 bits per heavy atom. The quantitative estimate of drug-likeness (QED) is 0.441. The van der Waals surface area contributed by atoms with Crippen molar-refractivity contribution in [3.8, 4) is 6.07 Å². The largest absolute Gasteiger partial charge is 0.341 e. The second kappa shape index (κ2) is 11.7. The van der Waals surface area contributed by atoms with Crippen molar-refractivity contribution in [2.24, 2.45) is 0 Å². The number of likely N-dealkylation sites (N-methyl/N-ethyl adjacent to an activating group) is 1. The van der Waals surface area contributed by atoms with Gasteiger partial charge >= 0.3 is 0 Å². The number of hydrogen-bond donors (Lipinski definition) is 2. The Balaban J connectivity index is 1.95. The SMILES string of the molecule is CNC(C)C(=O)N[C@@H]1C(=O)N(Cc2c(C)ccc3ccccc23)c2ccc(C#N)cc2N(C(=O)CS(C)(=O)=O)[C@H]1C. The lowest BCUT2D eigenvalue weighted by Gasteiger charge is -2.32. The molecule has 0 aromatic heterocycles. The van der Waals surface area contributed by atoms with Gasteiger partial charge in [0.15, 0.2) is 9.84 Å². The van der Waals surface area contributed by atoms with E-state index in [0.717, 1.165) is 28.2 Å². The third-order valence-electron chi connectivity index (χ3n) is 7.45. The van der Waals surface area contributed by atoms with E-state index in [9.17, 15) is 28.1 Å². The van der Waals surface area contributed by atoms with Crippen molar-refractivity contribution >= 4 is 49.7 Å². The first-order valence-electron chi connectivity index (χ1n) is 13.2. The van der Waals surface area contributed by atoms with Crippen LogP contribution in [0, 0.1) is 18.3 Å². The van der Waals surface area contributed by atoms with Gasteiger partial charge < -0.3 is 20.4 Å². The minimum absolute atomic E-state index is 0.111. The van der Waals surface area contributed by atoms with E-state index in [2.05, 4.69) is 16.7 Å². The molecule has 1 heterocycles. The first-order valence-corrected chi connectivity index (χ1v) is 15.2. The lowest BCUT2D eigenvalue weighted by Crippen LogP contribution is -2.60. The lowest BCUT2D eigenvalue weighted by atomic mass is 9.98. The maximum absolute atomic E-state index is 14.4. The van der Waals surface area contributed by atoms with E-state index in [1.807, 2.05) is 43.3 Å². The molecule has 3 aromatic rings. The minimum Gasteiger partial charge on any atom is -0.341 e. The van der Waals surface area contributed by atoms with E-state index in [4.69, 9.17) is 0 Å². The molecule has 10 nitrogen and oxygen atoms in total. The molecular weight excluding hydrogens is 542 g/mol. The highest BCUT2D eigenvalue weighted by Gasteiger charge is 2.43. The Labute approximate surface area is 239 Å². The van der Waals surface area contributed by atoms with Crippen LogP contribution in [0.4, 0.5) is 11.4 Å². The fourth-order valence-electron chi connectivity index (χ4n) is 5.10. The first-order chi connectivity index (χ1) is 19.4. The predicted octanol–water partition coefficient (Wildman–Crippen LogP) is 2.43. The van der Waals surface area contributed by atoms with Crippen molar-refractivity contribution in [3.63, 3.8) is 0 Å². The van der Waals surface area contributed by atoms with Gasteiger partial charge in [-0.1, -0.05) is 36.4 Å². The monoisotopic (exact) mass is 575 g/mol. The number of fused-ring (bicyclic) bond motifs is 2. The molecule has 3 atom stereocenters. The number of nitrogens with zero attached hydrogens (tertiary/aromatic N) is 3. The van der Waals surface area contributed by atoms with Gasteiger partial charge in [0, 0.05) is 6.26 Å². The number of sulfone groups is 1. The number of nitrogens with one attached hydrogen (secondary N) is 2. The van der Waals surface area contributed by atoms with Crippen molar-refractivity contribution < 1.29 is 22.8 Å². The van der Waals surface area contributed by atoms with Crippen LogP contribution >= 0.6 is 0 Å². The van der Waals surface area contributed by atoms with Crippen LogP contribution in [0.15, 0.2) is 54.6 Å². The van der Waals surface area contributed by atoms with Crippen LogP contribution in [0.5, 0.6) is 0 Å². The molecule has 11 heteroatoms. The van der Waals surface area contributed by atoms with E-state index in [0.29, 0.717) is 5.69 Å². The summed E-state index contributed by atoms with van der Waals surface area (Å²) in [6.45, 7) is 5.28. The van der Waals surface area contributed by atoms with Crippen molar-refractivity contribution in [1.82, 2.24) is 10.6 Å². The van der Waals surface area contributed by atoms with Gasteiger partial charge in [-0.3, -0.25) is 14.4 Å². The standard InChI is InChI=1S/C30H33N5O5S/c1-18-10-12-22-8-6-7-9-23(22)24(18)16-34-25-13-11-21(15-31)14-26(25)35(27(36)17-41(5,39)40)20(3)28(30(34)38)33-29(37)19(2)32-4/h6-14,19-20,28,32H,16-17H2,1-5H3,(H,33,37)/t19?,20-,28-/m0/s1. The fourth-order valence-corrected chi connectivity index (χ4v) is 5.69. The van der Waals surface area contributed by atoms with Crippen LogP contribution in [0.2, 0.25) is 0 Å². The first kappa shape index (κ1) is 29.7. The maximum Gasteiger partial charge on any atom is 0.252 e. The van der Waals surface area contributed by atoms with E-state index >= 15 is 0 Å². The van der Waals surface area contributed by atoms with Crippen LogP contribution < -0.4 is 20.4 Å². The molecule has 1 aliphatic rings. The Bertz CT molecular complexity index is 1680. The van der Waals surface area contributed by atoms with E-state index in [1.54, 1.807) is 33.0 Å². The number of rotatable bonds is 7. The fraction of sp³-hybridized carbons (Fsp3) is 0.333. The zero-order chi connectivity index (χ0) is 30.1. The predicted molar refractivity (Wildman–Crippen MR) is 158 cm³/mol. The van der Waals surface area contributed by atoms with E-state index in [1.165, 1.54) is 15.9 Å². The van der Waals surface area contributed by atoms with Crippen LogP contribution in [-0.4, -0.2) is 63.3 Å². The van der Waals surface area contributed by atoms with Gasteiger partial charge in [-0.2, -0.15) is 5.26 Å². The average Bonchev–Trinajstić information content (AvgIpc) is 3.01. The summed E-state index contributed by atoms with van der Waals surface area (Å²) < 4.78 is 24.4. The molecule has 0 bridgehead atoms.